The van der Waals surface area contributed by atoms with Crippen LogP contribution in [0.4, 0.5) is 15.3 Å². The van der Waals surface area contributed by atoms with Gasteiger partial charge in [-0.2, -0.15) is 0 Å². The number of carbonyl (C=O) groups excluding carboxylic acids is 4. The molecule has 0 spiro atoms. The monoisotopic (exact) mass is 599 g/mol. The molecule has 0 bridgehead atoms. The number of anilines is 1. The minimum atomic E-state index is -4.14. The summed E-state index contributed by atoms with van der Waals surface area (Å²) in [5.41, 5.74) is 1.12. The highest BCUT2D eigenvalue weighted by Crippen LogP contribution is 2.40. The van der Waals surface area contributed by atoms with E-state index in [1.54, 1.807) is 31.2 Å². The van der Waals surface area contributed by atoms with Crippen LogP contribution >= 0.6 is 11.8 Å². The number of nitrogens with one attached hydrogen (secondary N) is 2. The molecule has 3 aliphatic rings. The number of nitrogens with zero attached hydrogens (tertiary/aromatic N) is 3. The molecule has 2 aromatic carbocycles. The first-order valence-electron chi connectivity index (χ1n) is 12.5. The number of rotatable bonds is 7. The minimum absolute atomic E-state index is 0.0658. The molecule has 6 amide bonds. The Morgan fingerprint density at radius 2 is 1.71 bits per heavy atom. The van der Waals surface area contributed by atoms with E-state index in [0.29, 0.717) is 21.2 Å². The summed E-state index contributed by atoms with van der Waals surface area (Å²) in [5, 5.41) is 14.2. The quantitative estimate of drug-likeness (QED) is 0.400. The lowest BCUT2D eigenvalue weighted by molar-refractivity contribution is -0.150. The Kier molecular flexibility index (Phi) is 7.48. The summed E-state index contributed by atoms with van der Waals surface area (Å²) in [6, 6.07) is 11.0. The summed E-state index contributed by atoms with van der Waals surface area (Å²) in [5.74, 6) is -1.83. The number of amides is 6. The molecule has 1 unspecified atom stereocenters. The van der Waals surface area contributed by atoms with Crippen LogP contribution < -0.4 is 10.6 Å². The van der Waals surface area contributed by atoms with Gasteiger partial charge in [0.15, 0.2) is 0 Å². The maximum Gasteiger partial charge on any atom is 0.352 e. The Labute approximate surface area is 239 Å². The predicted molar refractivity (Wildman–Crippen MR) is 147 cm³/mol. The lowest BCUT2D eigenvalue weighted by Gasteiger charge is -2.49. The molecule has 0 aliphatic carbocycles. The third kappa shape index (κ3) is 5.13. The fraction of sp³-hybridized carbons (Fsp3) is 0.269. The first-order chi connectivity index (χ1) is 19.5. The standard InChI is InChI=1S/C26H25N5O8S2/c1-15-14-40-23-20(22(33)31(23)21(15)24(34)35)28-19(32)13-16-7-5-6-10-18(16)27-25(36)29-11-12-30(26(29)37)41(38,39)17-8-3-2-4-9-17/h2-10,20,23H,11-14H2,1H3,(H,27,36)(H,28,32)(H,34,35)/t20?,23-/m1/s1. The largest absolute Gasteiger partial charge is 0.477 e. The first kappa shape index (κ1) is 28.2. The maximum absolute atomic E-state index is 13.0. The molecule has 2 saturated heterocycles. The number of carbonyl (C=O) groups is 5. The van der Waals surface area contributed by atoms with Crippen molar-refractivity contribution in [3.63, 3.8) is 0 Å². The van der Waals surface area contributed by atoms with E-state index in [1.165, 1.54) is 47.0 Å². The van der Waals surface area contributed by atoms with Crippen molar-refractivity contribution in [2.75, 3.05) is 24.2 Å². The average molecular weight is 600 g/mol. The van der Waals surface area contributed by atoms with Crippen molar-refractivity contribution in [1.82, 2.24) is 19.4 Å². The molecule has 13 nitrogen and oxygen atoms in total. The molecular weight excluding hydrogens is 574 g/mol. The number of aliphatic carboxylic acids is 1. The third-order valence-electron chi connectivity index (χ3n) is 6.84. The number of β-lactam (4-membered cyclic amide) rings is 1. The smallest absolute Gasteiger partial charge is 0.352 e. The summed E-state index contributed by atoms with van der Waals surface area (Å²) in [4.78, 5) is 64.9. The Bertz CT molecular complexity index is 1590. The van der Waals surface area contributed by atoms with Gasteiger partial charge >= 0.3 is 18.0 Å². The maximum atomic E-state index is 13.0. The van der Waals surface area contributed by atoms with Gasteiger partial charge in [-0.05, 0) is 36.3 Å². The molecule has 15 heteroatoms. The first-order valence-corrected chi connectivity index (χ1v) is 14.9. The Balaban J connectivity index is 1.23. The van der Waals surface area contributed by atoms with Gasteiger partial charge in [-0.3, -0.25) is 14.5 Å². The molecule has 3 heterocycles. The number of imide groups is 1. The van der Waals surface area contributed by atoms with E-state index < -0.39 is 51.3 Å². The van der Waals surface area contributed by atoms with Crippen LogP contribution in [-0.4, -0.2) is 87.7 Å². The average Bonchev–Trinajstić information content (AvgIpc) is 3.35. The number of carboxylic acids is 1. The van der Waals surface area contributed by atoms with Crippen LogP contribution in [0.2, 0.25) is 0 Å². The van der Waals surface area contributed by atoms with Gasteiger partial charge in [-0.1, -0.05) is 36.4 Å². The summed E-state index contributed by atoms with van der Waals surface area (Å²) < 4.78 is 26.4. The Morgan fingerprint density at radius 1 is 1.02 bits per heavy atom. The molecule has 0 radical (unpaired) electrons. The number of hydrogen-bond acceptors (Lipinski definition) is 8. The molecular formula is C26H25N5O8S2. The molecule has 0 aromatic heterocycles. The number of para-hydroxylation sites is 1. The minimum Gasteiger partial charge on any atom is -0.477 e. The van der Waals surface area contributed by atoms with Gasteiger partial charge in [0.2, 0.25) is 5.91 Å². The van der Waals surface area contributed by atoms with E-state index >= 15 is 0 Å². The van der Waals surface area contributed by atoms with Crippen molar-refractivity contribution < 1.29 is 37.5 Å². The molecule has 2 atom stereocenters. The number of urea groups is 2. The highest BCUT2D eigenvalue weighted by molar-refractivity contribution is 8.00. The third-order valence-corrected chi connectivity index (χ3v) is 10.0. The zero-order valence-electron chi connectivity index (χ0n) is 21.6. The van der Waals surface area contributed by atoms with Crippen molar-refractivity contribution in [2.24, 2.45) is 0 Å². The van der Waals surface area contributed by atoms with Crippen molar-refractivity contribution in [3.8, 4) is 0 Å². The van der Waals surface area contributed by atoms with Gasteiger partial charge in [0.1, 0.15) is 17.1 Å². The second-order valence-corrected chi connectivity index (χ2v) is 12.4. The summed E-state index contributed by atoms with van der Waals surface area (Å²) in [6.45, 7) is 1.27. The molecule has 2 fully saturated rings. The molecule has 3 N–H and O–H groups in total. The van der Waals surface area contributed by atoms with Gasteiger partial charge in [0.25, 0.3) is 15.9 Å². The second-order valence-electron chi connectivity index (χ2n) is 9.48. The molecule has 2 aromatic rings. The Morgan fingerprint density at radius 3 is 2.41 bits per heavy atom. The topological polar surface area (TPSA) is 173 Å². The van der Waals surface area contributed by atoms with Crippen LogP contribution in [0.3, 0.4) is 0 Å². The van der Waals surface area contributed by atoms with Crippen LogP contribution in [0, 0.1) is 0 Å². The van der Waals surface area contributed by atoms with Gasteiger partial charge in [0.05, 0.1) is 24.4 Å². The molecule has 41 heavy (non-hydrogen) atoms. The highest BCUT2D eigenvalue weighted by atomic mass is 32.2. The molecule has 3 aliphatic heterocycles. The second kappa shape index (κ2) is 10.9. The van der Waals surface area contributed by atoms with Crippen LogP contribution in [0.5, 0.6) is 0 Å². The summed E-state index contributed by atoms with van der Waals surface area (Å²) >= 11 is 1.36. The van der Waals surface area contributed by atoms with Crippen molar-refractivity contribution in [1.29, 1.82) is 0 Å². The van der Waals surface area contributed by atoms with Crippen molar-refractivity contribution in [3.05, 3.63) is 71.4 Å². The van der Waals surface area contributed by atoms with E-state index in [4.69, 9.17) is 0 Å². The molecule has 214 valence electrons. The SMILES string of the molecule is CC1=C(C(=O)O)N2C(=O)C(NC(=O)Cc3ccccc3NC(=O)N3CCN(S(=O)(=O)c4ccccc4)C3=O)[C@H]2SC1. The number of benzene rings is 2. The molecule has 0 saturated carbocycles. The number of thioether (sulfide) groups is 1. The number of carboxylic acid groups (broad SMARTS) is 1. The van der Waals surface area contributed by atoms with Gasteiger partial charge < -0.3 is 15.7 Å². The van der Waals surface area contributed by atoms with E-state index in [1.807, 2.05) is 0 Å². The zero-order valence-corrected chi connectivity index (χ0v) is 23.3. The van der Waals surface area contributed by atoms with Crippen LogP contribution in [0.15, 0.2) is 70.8 Å². The normalized spacial score (nSPS) is 20.5. The van der Waals surface area contributed by atoms with Gasteiger partial charge in [0, 0.05) is 11.4 Å². The fourth-order valence-corrected chi connectivity index (χ4v) is 7.47. The van der Waals surface area contributed by atoms with Gasteiger partial charge in [-0.15, -0.1) is 11.8 Å². The summed E-state index contributed by atoms with van der Waals surface area (Å²) in [7, 11) is -4.14. The number of sulfonamides is 1. The van der Waals surface area contributed by atoms with E-state index in [-0.39, 0.29) is 35.8 Å². The van der Waals surface area contributed by atoms with Crippen LogP contribution in [-0.2, 0) is 30.8 Å². The highest BCUT2D eigenvalue weighted by Gasteiger charge is 2.53. The molecule has 5 rings (SSSR count). The van der Waals surface area contributed by atoms with E-state index in [0.717, 1.165) is 4.90 Å². The lowest BCUT2D eigenvalue weighted by Crippen LogP contribution is -2.70. The number of hydrogen-bond donors (Lipinski definition) is 3. The summed E-state index contributed by atoms with van der Waals surface area (Å²) in [6.07, 6.45) is -0.221. The van der Waals surface area contributed by atoms with Crippen molar-refractivity contribution in [2.45, 2.75) is 29.7 Å². The van der Waals surface area contributed by atoms with Gasteiger partial charge in [-0.25, -0.2) is 32.0 Å². The lowest BCUT2D eigenvalue weighted by atomic mass is 10.0. The zero-order chi connectivity index (χ0) is 29.5. The van der Waals surface area contributed by atoms with Crippen LogP contribution in [0.1, 0.15) is 12.5 Å². The van der Waals surface area contributed by atoms with Crippen molar-refractivity contribution >= 4 is 57.3 Å². The number of fused-ring (bicyclic) bond motifs is 1. The van der Waals surface area contributed by atoms with E-state index in [2.05, 4.69) is 10.6 Å². The fourth-order valence-electron chi connectivity index (χ4n) is 4.80. The predicted octanol–water partition coefficient (Wildman–Crippen LogP) is 1.65. The van der Waals surface area contributed by atoms with E-state index in [9.17, 15) is 37.5 Å². The Hall–Kier alpha value is -4.37. The van der Waals surface area contributed by atoms with Crippen LogP contribution in [0.25, 0.3) is 0 Å².